The number of nitrogens with one attached hydrogen (secondary N) is 1. The summed E-state index contributed by atoms with van der Waals surface area (Å²) in [6.45, 7) is 4.78. The molecule has 0 aromatic carbocycles. The highest BCUT2D eigenvalue weighted by atomic mass is 16.5. The van der Waals surface area contributed by atoms with Gasteiger partial charge in [0, 0.05) is 33.9 Å². The van der Waals surface area contributed by atoms with Crippen molar-refractivity contribution in [2.45, 2.75) is 19.5 Å². The third kappa shape index (κ3) is 7.16. The van der Waals surface area contributed by atoms with Crippen LogP contribution in [0.3, 0.4) is 0 Å². The highest BCUT2D eigenvalue weighted by Crippen LogP contribution is 1.95. The van der Waals surface area contributed by atoms with Gasteiger partial charge in [-0.05, 0) is 16.8 Å². The highest BCUT2D eigenvalue weighted by Gasteiger charge is 2.04. The Morgan fingerprint density at radius 1 is 1.11 bits per heavy atom. The first-order valence-corrected chi connectivity index (χ1v) is 6.40. The molecule has 1 N–H and O–H groups in total. The van der Waals surface area contributed by atoms with Gasteiger partial charge in [-0.1, -0.05) is 0 Å². The molecule has 0 atom stereocenters. The molecule has 1 rings (SSSR count). The first-order valence-electron chi connectivity index (χ1n) is 6.40. The van der Waals surface area contributed by atoms with Crippen molar-refractivity contribution in [1.82, 2.24) is 25.5 Å². The lowest BCUT2D eigenvalue weighted by Gasteiger charge is -2.06. The van der Waals surface area contributed by atoms with E-state index in [4.69, 9.17) is 14.2 Å². The molecule has 0 aliphatic rings. The molecule has 0 bridgehead atoms. The van der Waals surface area contributed by atoms with Gasteiger partial charge in [0.15, 0.2) is 5.82 Å². The lowest BCUT2D eigenvalue weighted by molar-refractivity contribution is 0.0675. The minimum atomic E-state index is 0.623. The van der Waals surface area contributed by atoms with Crippen LogP contribution in [0.25, 0.3) is 0 Å². The van der Waals surface area contributed by atoms with Crippen LogP contribution in [0, 0.1) is 0 Å². The van der Waals surface area contributed by atoms with Crippen molar-refractivity contribution in [2.24, 2.45) is 0 Å². The van der Waals surface area contributed by atoms with Crippen molar-refractivity contribution >= 4 is 0 Å². The first kappa shape index (κ1) is 16.0. The molecule has 0 aliphatic heterocycles. The molecule has 19 heavy (non-hydrogen) atoms. The number of ether oxygens (including phenoxy) is 3. The van der Waals surface area contributed by atoms with E-state index in [0.29, 0.717) is 33.0 Å². The Morgan fingerprint density at radius 3 is 2.74 bits per heavy atom. The highest BCUT2D eigenvalue weighted by molar-refractivity contribution is 4.79. The predicted octanol–water partition coefficient (Wildman–Crippen LogP) is -0.538. The van der Waals surface area contributed by atoms with Crippen molar-refractivity contribution in [3.63, 3.8) is 0 Å². The molecule has 8 nitrogen and oxygen atoms in total. The van der Waals surface area contributed by atoms with Crippen molar-refractivity contribution in [3.8, 4) is 0 Å². The maximum Gasteiger partial charge on any atom is 0.165 e. The van der Waals surface area contributed by atoms with E-state index >= 15 is 0 Å². The van der Waals surface area contributed by atoms with Crippen molar-refractivity contribution in [1.29, 1.82) is 0 Å². The van der Waals surface area contributed by atoms with Gasteiger partial charge in [0.05, 0.1) is 26.4 Å². The quantitative estimate of drug-likeness (QED) is 0.512. The Kier molecular flexibility index (Phi) is 9.07. The zero-order valence-electron chi connectivity index (χ0n) is 11.7. The van der Waals surface area contributed by atoms with Gasteiger partial charge in [-0.2, -0.15) is 0 Å². The Labute approximate surface area is 113 Å². The number of nitrogens with zero attached hydrogens (tertiary/aromatic N) is 4. The summed E-state index contributed by atoms with van der Waals surface area (Å²) in [6.07, 6.45) is 0.875. The molecular formula is C11H23N5O3. The minimum absolute atomic E-state index is 0.623. The molecule has 1 aromatic heterocycles. The SMILES string of the molecule is COCCNCc1nnnn1CCCOCCOC. The van der Waals surface area contributed by atoms with E-state index < -0.39 is 0 Å². The maximum atomic E-state index is 5.39. The summed E-state index contributed by atoms with van der Waals surface area (Å²) in [6, 6.07) is 0. The van der Waals surface area contributed by atoms with E-state index in [0.717, 1.165) is 25.3 Å². The van der Waals surface area contributed by atoms with Gasteiger partial charge >= 0.3 is 0 Å². The summed E-state index contributed by atoms with van der Waals surface area (Å²) < 4.78 is 17.0. The molecule has 0 amide bonds. The predicted molar refractivity (Wildman–Crippen MR) is 68.7 cm³/mol. The lowest BCUT2D eigenvalue weighted by Crippen LogP contribution is -2.21. The summed E-state index contributed by atoms with van der Waals surface area (Å²) in [5, 5.41) is 14.8. The molecule has 1 heterocycles. The van der Waals surface area contributed by atoms with Gasteiger partial charge in [-0.3, -0.25) is 0 Å². The van der Waals surface area contributed by atoms with E-state index in [-0.39, 0.29) is 0 Å². The second-order valence-electron chi connectivity index (χ2n) is 3.95. The van der Waals surface area contributed by atoms with E-state index in [1.54, 1.807) is 18.9 Å². The van der Waals surface area contributed by atoms with E-state index in [1.165, 1.54) is 0 Å². The molecule has 0 spiro atoms. The maximum absolute atomic E-state index is 5.39. The van der Waals surface area contributed by atoms with Crippen LogP contribution in [0.2, 0.25) is 0 Å². The van der Waals surface area contributed by atoms with Crippen molar-refractivity contribution < 1.29 is 14.2 Å². The van der Waals surface area contributed by atoms with Gasteiger partial charge in [0.2, 0.25) is 0 Å². The van der Waals surface area contributed by atoms with E-state index in [9.17, 15) is 0 Å². The summed E-state index contributed by atoms with van der Waals surface area (Å²) >= 11 is 0. The molecule has 0 saturated heterocycles. The molecule has 1 aromatic rings. The van der Waals surface area contributed by atoms with Crippen LogP contribution in [0.4, 0.5) is 0 Å². The number of rotatable bonds is 12. The normalized spacial score (nSPS) is 11.1. The zero-order valence-corrected chi connectivity index (χ0v) is 11.7. The smallest absolute Gasteiger partial charge is 0.165 e. The largest absolute Gasteiger partial charge is 0.383 e. The fourth-order valence-corrected chi connectivity index (χ4v) is 1.46. The molecular weight excluding hydrogens is 250 g/mol. The van der Waals surface area contributed by atoms with Crippen LogP contribution in [0.5, 0.6) is 0 Å². The number of hydrogen-bond donors (Lipinski definition) is 1. The lowest BCUT2D eigenvalue weighted by atomic mass is 10.4. The minimum Gasteiger partial charge on any atom is -0.383 e. The topological polar surface area (TPSA) is 83.3 Å². The Morgan fingerprint density at radius 2 is 1.95 bits per heavy atom. The van der Waals surface area contributed by atoms with Gasteiger partial charge in [0.1, 0.15) is 0 Å². The molecule has 0 saturated carbocycles. The van der Waals surface area contributed by atoms with Crippen LogP contribution < -0.4 is 5.32 Å². The molecule has 0 radical (unpaired) electrons. The van der Waals surface area contributed by atoms with Crippen LogP contribution in [-0.2, 0) is 27.3 Å². The second-order valence-corrected chi connectivity index (χ2v) is 3.95. The van der Waals surface area contributed by atoms with Crippen LogP contribution in [0.15, 0.2) is 0 Å². The van der Waals surface area contributed by atoms with Crippen molar-refractivity contribution in [3.05, 3.63) is 5.82 Å². The number of methoxy groups -OCH3 is 2. The third-order valence-electron chi connectivity index (χ3n) is 2.46. The molecule has 0 aliphatic carbocycles. The van der Waals surface area contributed by atoms with Crippen LogP contribution >= 0.6 is 0 Å². The number of hydrogen-bond acceptors (Lipinski definition) is 7. The zero-order chi connectivity index (χ0) is 13.8. The molecule has 0 fully saturated rings. The molecule has 8 heteroatoms. The summed E-state index contributed by atoms with van der Waals surface area (Å²) in [5.74, 6) is 0.827. The van der Waals surface area contributed by atoms with Gasteiger partial charge in [0.25, 0.3) is 0 Å². The summed E-state index contributed by atoms with van der Waals surface area (Å²) in [5.41, 5.74) is 0. The summed E-state index contributed by atoms with van der Waals surface area (Å²) in [4.78, 5) is 0. The van der Waals surface area contributed by atoms with Crippen LogP contribution in [-0.4, -0.2) is 67.4 Å². The van der Waals surface area contributed by atoms with Gasteiger partial charge < -0.3 is 19.5 Å². The van der Waals surface area contributed by atoms with Crippen LogP contribution in [0.1, 0.15) is 12.2 Å². The van der Waals surface area contributed by atoms with E-state index in [1.807, 2.05) is 0 Å². The standard InChI is InChI=1S/C11H23N5O3/c1-17-7-4-12-10-11-13-14-15-16(11)5-3-6-19-9-8-18-2/h12H,3-10H2,1-2H3. The molecule has 110 valence electrons. The monoisotopic (exact) mass is 273 g/mol. The Balaban J connectivity index is 2.13. The van der Waals surface area contributed by atoms with Gasteiger partial charge in [-0.25, -0.2) is 4.68 Å². The average Bonchev–Trinajstić information content (AvgIpc) is 2.86. The van der Waals surface area contributed by atoms with Gasteiger partial charge in [-0.15, -0.1) is 5.10 Å². The number of aryl methyl sites for hydroxylation is 1. The fourth-order valence-electron chi connectivity index (χ4n) is 1.46. The third-order valence-corrected chi connectivity index (χ3v) is 2.46. The summed E-state index contributed by atoms with van der Waals surface area (Å²) in [7, 11) is 3.34. The number of tetrazole rings is 1. The Hall–Kier alpha value is -1.09. The number of aromatic nitrogens is 4. The fraction of sp³-hybridized carbons (Fsp3) is 0.909. The Bertz CT molecular complexity index is 321. The molecule has 0 unspecified atom stereocenters. The second kappa shape index (κ2) is 10.8. The van der Waals surface area contributed by atoms with E-state index in [2.05, 4.69) is 20.8 Å². The van der Waals surface area contributed by atoms with Crippen molar-refractivity contribution in [2.75, 3.05) is 47.2 Å². The first-order chi connectivity index (χ1) is 9.38. The average molecular weight is 273 g/mol.